The molecule has 1 saturated carbocycles. The second-order valence-corrected chi connectivity index (χ2v) is 5.85. The number of nitrogens with zero attached hydrogens (tertiary/aromatic N) is 2. The summed E-state index contributed by atoms with van der Waals surface area (Å²) >= 11 is 0. The van der Waals surface area contributed by atoms with Crippen LogP contribution in [0.1, 0.15) is 64.2 Å². The molecule has 1 aromatic heterocycles. The molecule has 3 heteroatoms. The fourth-order valence-electron chi connectivity index (χ4n) is 3.07. The van der Waals surface area contributed by atoms with Gasteiger partial charge in [0.15, 0.2) is 0 Å². The highest BCUT2D eigenvalue weighted by Crippen LogP contribution is 2.36. The first kappa shape index (κ1) is 12.6. The van der Waals surface area contributed by atoms with Gasteiger partial charge >= 0.3 is 0 Å². The molecule has 0 bridgehead atoms. The molecule has 1 aliphatic rings. The highest BCUT2D eigenvalue weighted by atomic mass is 15.3. The van der Waals surface area contributed by atoms with E-state index in [0.717, 1.165) is 5.92 Å². The Morgan fingerprint density at radius 2 is 2.18 bits per heavy atom. The van der Waals surface area contributed by atoms with Crippen molar-refractivity contribution in [2.45, 2.75) is 58.5 Å². The van der Waals surface area contributed by atoms with E-state index in [1.165, 1.54) is 31.4 Å². The standard InChI is InChI=1S/C14H25N3/c1-10(2)17-13(7-8-16-17)14(15)12-6-4-5-11(3)9-12/h7-8,10-12,14H,4-6,9,15H2,1-3H3. The van der Waals surface area contributed by atoms with Crippen LogP contribution >= 0.6 is 0 Å². The molecule has 1 heterocycles. The van der Waals surface area contributed by atoms with E-state index in [2.05, 4.69) is 36.6 Å². The van der Waals surface area contributed by atoms with E-state index in [4.69, 9.17) is 5.73 Å². The maximum atomic E-state index is 6.45. The molecule has 0 aliphatic heterocycles. The summed E-state index contributed by atoms with van der Waals surface area (Å²) in [7, 11) is 0. The summed E-state index contributed by atoms with van der Waals surface area (Å²) in [4.78, 5) is 0. The first-order valence-electron chi connectivity index (χ1n) is 6.88. The van der Waals surface area contributed by atoms with Gasteiger partial charge < -0.3 is 5.73 Å². The molecule has 1 aromatic rings. The highest BCUT2D eigenvalue weighted by molar-refractivity contribution is 5.09. The van der Waals surface area contributed by atoms with Gasteiger partial charge in [0.05, 0.1) is 5.69 Å². The van der Waals surface area contributed by atoms with Gasteiger partial charge in [0, 0.05) is 18.3 Å². The van der Waals surface area contributed by atoms with Crippen LogP contribution in [0.25, 0.3) is 0 Å². The number of hydrogen-bond donors (Lipinski definition) is 1. The van der Waals surface area contributed by atoms with Crippen LogP contribution in [0.4, 0.5) is 0 Å². The maximum Gasteiger partial charge on any atom is 0.0557 e. The number of nitrogens with two attached hydrogens (primary N) is 1. The van der Waals surface area contributed by atoms with E-state index in [1.54, 1.807) is 0 Å². The average Bonchev–Trinajstić information content (AvgIpc) is 2.77. The molecule has 0 radical (unpaired) electrons. The van der Waals surface area contributed by atoms with Gasteiger partial charge in [0.2, 0.25) is 0 Å². The third-order valence-corrected chi connectivity index (χ3v) is 4.02. The third-order valence-electron chi connectivity index (χ3n) is 4.02. The molecule has 3 nitrogen and oxygen atoms in total. The predicted molar refractivity (Wildman–Crippen MR) is 70.7 cm³/mol. The Balaban J connectivity index is 2.12. The van der Waals surface area contributed by atoms with Gasteiger partial charge in [-0.1, -0.05) is 19.8 Å². The first-order valence-corrected chi connectivity index (χ1v) is 6.88. The summed E-state index contributed by atoms with van der Waals surface area (Å²) in [5, 5.41) is 4.39. The van der Waals surface area contributed by atoms with Gasteiger partial charge in [-0.05, 0) is 44.6 Å². The minimum absolute atomic E-state index is 0.155. The van der Waals surface area contributed by atoms with Gasteiger partial charge in [-0.3, -0.25) is 4.68 Å². The van der Waals surface area contributed by atoms with Gasteiger partial charge in [-0.25, -0.2) is 0 Å². The summed E-state index contributed by atoms with van der Waals surface area (Å²) < 4.78 is 2.07. The Kier molecular flexibility index (Phi) is 3.87. The molecule has 1 aliphatic carbocycles. The molecule has 17 heavy (non-hydrogen) atoms. The van der Waals surface area contributed by atoms with Gasteiger partial charge in [-0.2, -0.15) is 5.10 Å². The van der Waals surface area contributed by atoms with Crippen LogP contribution in [-0.2, 0) is 0 Å². The largest absolute Gasteiger partial charge is 0.322 e. The lowest BCUT2D eigenvalue weighted by Gasteiger charge is -2.31. The maximum absolute atomic E-state index is 6.45. The Bertz CT molecular complexity index is 356. The zero-order chi connectivity index (χ0) is 12.4. The van der Waals surface area contributed by atoms with E-state index < -0.39 is 0 Å². The minimum atomic E-state index is 0.155. The summed E-state index contributed by atoms with van der Waals surface area (Å²) in [5.74, 6) is 1.46. The monoisotopic (exact) mass is 235 g/mol. The Morgan fingerprint density at radius 1 is 1.41 bits per heavy atom. The van der Waals surface area contributed by atoms with Crippen molar-refractivity contribution in [3.8, 4) is 0 Å². The minimum Gasteiger partial charge on any atom is -0.322 e. The van der Waals surface area contributed by atoms with Crippen molar-refractivity contribution in [3.05, 3.63) is 18.0 Å². The van der Waals surface area contributed by atoms with Crippen molar-refractivity contribution in [1.82, 2.24) is 9.78 Å². The molecule has 3 unspecified atom stereocenters. The Hall–Kier alpha value is -0.830. The molecule has 2 N–H and O–H groups in total. The molecule has 0 saturated heterocycles. The lowest BCUT2D eigenvalue weighted by molar-refractivity contribution is 0.240. The second kappa shape index (κ2) is 5.21. The van der Waals surface area contributed by atoms with Crippen LogP contribution in [0.3, 0.4) is 0 Å². The SMILES string of the molecule is CC1CCCC(C(N)c2ccnn2C(C)C)C1. The van der Waals surface area contributed by atoms with Gasteiger partial charge in [0.1, 0.15) is 0 Å². The lowest BCUT2D eigenvalue weighted by Crippen LogP contribution is -2.28. The predicted octanol–water partition coefficient (Wildman–Crippen LogP) is 3.29. The summed E-state index contributed by atoms with van der Waals surface area (Å²) in [5.41, 5.74) is 7.66. The zero-order valence-corrected chi connectivity index (χ0v) is 11.3. The van der Waals surface area contributed by atoms with E-state index in [0.29, 0.717) is 12.0 Å². The molecule has 2 rings (SSSR count). The van der Waals surface area contributed by atoms with Crippen molar-refractivity contribution >= 4 is 0 Å². The number of aromatic nitrogens is 2. The van der Waals surface area contributed by atoms with E-state index in [-0.39, 0.29) is 6.04 Å². The summed E-state index contributed by atoms with van der Waals surface area (Å²) in [6.07, 6.45) is 7.11. The zero-order valence-electron chi connectivity index (χ0n) is 11.3. The van der Waals surface area contributed by atoms with E-state index in [1.807, 2.05) is 6.20 Å². The molecule has 0 amide bonds. The fraction of sp³-hybridized carbons (Fsp3) is 0.786. The van der Waals surface area contributed by atoms with Crippen molar-refractivity contribution in [3.63, 3.8) is 0 Å². The molecule has 0 aromatic carbocycles. The van der Waals surface area contributed by atoms with Crippen LogP contribution in [0.2, 0.25) is 0 Å². The van der Waals surface area contributed by atoms with Crippen LogP contribution in [0.15, 0.2) is 12.3 Å². The summed E-state index contributed by atoms with van der Waals surface area (Å²) in [6, 6.07) is 2.64. The van der Waals surface area contributed by atoms with Gasteiger partial charge in [-0.15, -0.1) is 0 Å². The van der Waals surface area contributed by atoms with Gasteiger partial charge in [0.25, 0.3) is 0 Å². The van der Waals surface area contributed by atoms with Crippen LogP contribution < -0.4 is 5.73 Å². The van der Waals surface area contributed by atoms with Crippen molar-refractivity contribution in [2.24, 2.45) is 17.6 Å². The third kappa shape index (κ3) is 2.71. The Labute approximate surface area is 104 Å². The van der Waals surface area contributed by atoms with Crippen LogP contribution in [-0.4, -0.2) is 9.78 Å². The number of rotatable bonds is 3. The van der Waals surface area contributed by atoms with Crippen LogP contribution in [0, 0.1) is 11.8 Å². The van der Waals surface area contributed by atoms with E-state index in [9.17, 15) is 0 Å². The van der Waals surface area contributed by atoms with Crippen molar-refractivity contribution < 1.29 is 0 Å². The smallest absolute Gasteiger partial charge is 0.0557 e. The fourth-order valence-corrected chi connectivity index (χ4v) is 3.07. The normalized spacial score (nSPS) is 27.4. The van der Waals surface area contributed by atoms with Crippen LogP contribution in [0.5, 0.6) is 0 Å². The number of hydrogen-bond acceptors (Lipinski definition) is 2. The topological polar surface area (TPSA) is 43.8 Å². The molecule has 96 valence electrons. The molecule has 0 spiro atoms. The van der Waals surface area contributed by atoms with E-state index >= 15 is 0 Å². The highest BCUT2D eigenvalue weighted by Gasteiger charge is 2.27. The molecule has 3 atom stereocenters. The molecule has 1 fully saturated rings. The average molecular weight is 235 g/mol. The molecular weight excluding hydrogens is 210 g/mol. The Morgan fingerprint density at radius 3 is 2.82 bits per heavy atom. The molecular formula is C14H25N3. The summed E-state index contributed by atoms with van der Waals surface area (Å²) in [6.45, 7) is 6.66. The second-order valence-electron chi connectivity index (χ2n) is 5.85. The van der Waals surface area contributed by atoms with Crippen molar-refractivity contribution in [1.29, 1.82) is 0 Å². The lowest BCUT2D eigenvalue weighted by atomic mass is 9.78. The first-order chi connectivity index (χ1) is 8.09. The van der Waals surface area contributed by atoms with Crippen molar-refractivity contribution in [2.75, 3.05) is 0 Å². The quantitative estimate of drug-likeness (QED) is 0.873.